The van der Waals surface area contributed by atoms with Gasteiger partial charge in [0.1, 0.15) is 0 Å². The van der Waals surface area contributed by atoms with E-state index in [1.807, 2.05) is 0 Å². The number of benzene rings is 1. The molecule has 0 saturated heterocycles. The molecule has 0 saturated carbocycles. The fourth-order valence-electron chi connectivity index (χ4n) is 1.36. The summed E-state index contributed by atoms with van der Waals surface area (Å²) in [5.74, 6) is -4.76. The summed E-state index contributed by atoms with van der Waals surface area (Å²) >= 11 is 0. The molecule has 0 bridgehead atoms. The summed E-state index contributed by atoms with van der Waals surface area (Å²) in [7, 11) is 0. The van der Waals surface area contributed by atoms with Crippen molar-refractivity contribution in [3.05, 3.63) is 35.4 Å². The average Bonchev–Trinajstić information content (AvgIpc) is 2.30. The molecule has 14 heavy (non-hydrogen) atoms. The van der Waals surface area contributed by atoms with E-state index in [4.69, 9.17) is 10.2 Å². The van der Waals surface area contributed by atoms with Crippen LogP contribution in [0.2, 0.25) is 0 Å². The van der Waals surface area contributed by atoms with Crippen molar-refractivity contribution in [3.63, 3.8) is 0 Å². The van der Waals surface area contributed by atoms with Crippen molar-refractivity contribution in [2.45, 2.75) is 5.79 Å². The Bertz CT molecular complexity index is 374. The van der Waals surface area contributed by atoms with Crippen LogP contribution >= 0.6 is 12.4 Å². The maximum absolute atomic E-state index is 11.2. The highest BCUT2D eigenvalue weighted by atomic mass is 35.5. The second-order valence-electron chi connectivity index (χ2n) is 2.88. The molecule has 4 nitrogen and oxygen atoms in total. The summed E-state index contributed by atoms with van der Waals surface area (Å²) in [4.78, 5) is 22.4. The SMILES string of the molecule is Cl.O=C1c2ccccc2C(=O)C1(O)O. The quantitative estimate of drug-likeness (QED) is 0.477. The van der Waals surface area contributed by atoms with Crippen molar-refractivity contribution in [1.29, 1.82) is 0 Å². The van der Waals surface area contributed by atoms with E-state index >= 15 is 0 Å². The third-order valence-electron chi connectivity index (χ3n) is 2.05. The summed E-state index contributed by atoms with van der Waals surface area (Å²) in [6.45, 7) is 0. The molecule has 0 amide bonds. The Kier molecular flexibility index (Phi) is 2.45. The molecular formula is C9H7ClO4. The summed E-state index contributed by atoms with van der Waals surface area (Å²) in [5, 5.41) is 18.2. The van der Waals surface area contributed by atoms with E-state index in [0.717, 1.165) is 0 Å². The third kappa shape index (κ3) is 1.16. The Morgan fingerprint density at radius 3 is 1.64 bits per heavy atom. The van der Waals surface area contributed by atoms with Crippen LogP contribution in [0.3, 0.4) is 0 Å². The van der Waals surface area contributed by atoms with Gasteiger partial charge in [-0.3, -0.25) is 9.59 Å². The van der Waals surface area contributed by atoms with Gasteiger partial charge in [0.05, 0.1) is 0 Å². The third-order valence-corrected chi connectivity index (χ3v) is 2.05. The van der Waals surface area contributed by atoms with Gasteiger partial charge in [0.25, 0.3) is 5.79 Å². The lowest BCUT2D eigenvalue weighted by atomic mass is 10.1. The summed E-state index contributed by atoms with van der Waals surface area (Å²) in [6.07, 6.45) is 0. The number of Topliss-reactive ketones (excluding diaryl/α,β-unsaturated/α-hetero) is 2. The molecule has 0 radical (unpaired) electrons. The van der Waals surface area contributed by atoms with Crippen molar-refractivity contribution in [1.82, 2.24) is 0 Å². The van der Waals surface area contributed by atoms with Gasteiger partial charge in [-0.05, 0) is 0 Å². The van der Waals surface area contributed by atoms with E-state index in [9.17, 15) is 9.59 Å². The van der Waals surface area contributed by atoms with E-state index in [1.54, 1.807) is 12.1 Å². The van der Waals surface area contributed by atoms with Crippen molar-refractivity contribution < 1.29 is 19.8 Å². The van der Waals surface area contributed by atoms with Gasteiger partial charge in [-0.2, -0.15) is 0 Å². The number of carbonyl (C=O) groups excluding carboxylic acids is 2. The van der Waals surface area contributed by atoms with Crippen molar-refractivity contribution in [3.8, 4) is 0 Å². The second kappa shape index (κ2) is 3.16. The Labute approximate surface area is 85.6 Å². The van der Waals surface area contributed by atoms with E-state index < -0.39 is 17.4 Å². The lowest BCUT2D eigenvalue weighted by Gasteiger charge is -2.08. The monoisotopic (exact) mass is 214 g/mol. The van der Waals surface area contributed by atoms with Crippen molar-refractivity contribution in [2.24, 2.45) is 0 Å². The first kappa shape index (κ1) is 10.8. The first-order valence-electron chi connectivity index (χ1n) is 3.68. The lowest BCUT2D eigenvalue weighted by Crippen LogP contribution is -2.40. The Morgan fingerprint density at radius 1 is 0.929 bits per heavy atom. The van der Waals surface area contributed by atoms with E-state index in [-0.39, 0.29) is 23.5 Å². The smallest absolute Gasteiger partial charge is 0.295 e. The maximum Gasteiger partial charge on any atom is 0.295 e. The standard InChI is InChI=1S/C9H6O4.ClH/c10-7-5-3-1-2-4-6(5)8(11)9(7,12)13;/h1-4,12-13H;1H. The van der Waals surface area contributed by atoms with E-state index in [0.29, 0.717) is 0 Å². The number of halogens is 1. The minimum atomic E-state index is -2.86. The Morgan fingerprint density at radius 2 is 1.29 bits per heavy atom. The molecule has 1 aliphatic rings. The summed E-state index contributed by atoms with van der Waals surface area (Å²) in [5.41, 5.74) is 0.134. The topological polar surface area (TPSA) is 74.6 Å². The molecular weight excluding hydrogens is 208 g/mol. The molecule has 1 aromatic rings. The molecule has 0 unspecified atom stereocenters. The normalized spacial score (nSPS) is 17.6. The second-order valence-corrected chi connectivity index (χ2v) is 2.88. The molecule has 0 spiro atoms. The zero-order valence-electron chi connectivity index (χ0n) is 6.93. The molecule has 0 aromatic heterocycles. The predicted octanol–water partition coefficient (Wildman–Crippen LogP) is 0.168. The largest absolute Gasteiger partial charge is 0.353 e. The predicted molar refractivity (Wildman–Crippen MR) is 49.5 cm³/mol. The van der Waals surface area contributed by atoms with Crippen LogP contribution in [-0.4, -0.2) is 27.6 Å². The van der Waals surface area contributed by atoms with Gasteiger partial charge in [0.2, 0.25) is 11.6 Å². The zero-order chi connectivity index (χ0) is 9.64. The minimum absolute atomic E-state index is 0. The molecule has 5 heteroatoms. The van der Waals surface area contributed by atoms with Crippen molar-refractivity contribution >= 4 is 24.0 Å². The highest BCUT2D eigenvalue weighted by molar-refractivity contribution is 6.30. The lowest BCUT2D eigenvalue weighted by molar-refractivity contribution is -0.0857. The van der Waals surface area contributed by atoms with Gasteiger partial charge in [0.15, 0.2) is 0 Å². The van der Waals surface area contributed by atoms with Crippen molar-refractivity contribution in [2.75, 3.05) is 0 Å². The number of hydrogen-bond donors (Lipinski definition) is 2. The fraction of sp³-hybridized carbons (Fsp3) is 0.111. The van der Waals surface area contributed by atoms with Crippen LogP contribution in [-0.2, 0) is 0 Å². The van der Waals surface area contributed by atoms with Crippen LogP contribution in [0.4, 0.5) is 0 Å². The molecule has 0 aliphatic heterocycles. The first-order chi connectivity index (χ1) is 6.05. The molecule has 1 aliphatic carbocycles. The van der Waals surface area contributed by atoms with Gasteiger partial charge in [-0.25, -0.2) is 0 Å². The zero-order valence-corrected chi connectivity index (χ0v) is 7.75. The number of fused-ring (bicyclic) bond motifs is 1. The maximum atomic E-state index is 11.2. The minimum Gasteiger partial charge on any atom is -0.353 e. The number of carbonyl (C=O) groups is 2. The first-order valence-corrected chi connectivity index (χ1v) is 3.68. The molecule has 2 N–H and O–H groups in total. The van der Waals surface area contributed by atoms with E-state index in [1.165, 1.54) is 12.1 Å². The van der Waals surface area contributed by atoms with Crippen LogP contribution in [0.5, 0.6) is 0 Å². The van der Waals surface area contributed by atoms with Gasteiger partial charge in [-0.1, -0.05) is 24.3 Å². The van der Waals surface area contributed by atoms with Crippen LogP contribution < -0.4 is 0 Å². The van der Waals surface area contributed by atoms with Gasteiger partial charge in [0, 0.05) is 11.1 Å². The molecule has 74 valence electrons. The number of ketones is 2. The summed E-state index contributed by atoms with van der Waals surface area (Å²) < 4.78 is 0. The van der Waals surface area contributed by atoms with Crippen LogP contribution in [0, 0.1) is 0 Å². The fourth-order valence-corrected chi connectivity index (χ4v) is 1.36. The number of rotatable bonds is 0. The van der Waals surface area contributed by atoms with Crippen LogP contribution in [0.25, 0.3) is 0 Å². The number of aliphatic hydroxyl groups is 2. The Balaban J connectivity index is 0.000000980. The van der Waals surface area contributed by atoms with E-state index in [2.05, 4.69) is 0 Å². The highest BCUT2D eigenvalue weighted by Crippen LogP contribution is 2.27. The average molecular weight is 215 g/mol. The van der Waals surface area contributed by atoms with Gasteiger partial charge >= 0.3 is 0 Å². The molecule has 0 atom stereocenters. The summed E-state index contributed by atoms with van der Waals surface area (Å²) in [6, 6.07) is 5.91. The molecule has 1 aromatic carbocycles. The molecule has 2 rings (SSSR count). The molecule has 0 fully saturated rings. The van der Waals surface area contributed by atoms with Gasteiger partial charge in [-0.15, -0.1) is 12.4 Å². The Hall–Kier alpha value is -1.23. The van der Waals surface area contributed by atoms with Crippen LogP contribution in [0.1, 0.15) is 20.7 Å². The number of hydrogen-bond acceptors (Lipinski definition) is 4. The van der Waals surface area contributed by atoms with Gasteiger partial charge < -0.3 is 10.2 Å². The van der Waals surface area contributed by atoms with Crippen LogP contribution in [0.15, 0.2) is 24.3 Å². The molecule has 0 heterocycles. The highest BCUT2D eigenvalue weighted by Gasteiger charge is 2.50.